The lowest BCUT2D eigenvalue weighted by Gasteiger charge is -2.10. The van der Waals surface area contributed by atoms with Crippen LogP contribution in [0.1, 0.15) is 5.56 Å². The normalized spacial score (nSPS) is 10.8. The van der Waals surface area contributed by atoms with Crippen LogP contribution in [0.3, 0.4) is 0 Å². The summed E-state index contributed by atoms with van der Waals surface area (Å²) in [6.07, 6.45) is 0. The molecule has 26 heavy (non-hydrogen) atoms. The molecule has 0 aliphatic heterocycles. The van der Waals surface area contributed by atoms with Gasteiger partial charge in [-0.3, -0.25) is 4.79 Å². The van der Waals surface area contributed by atoms with Gasteiger partial charge >= 0.3 is 0 Å². The van der Waals surface area contributed by atoms with Crippen molar-refractivity contribution in [2.24, 2.45) is 0 Å². The van der Waals surface area contributed by atoms with Gasteiger partial charge < -0.3 is 10.6 Å². The van der Waals surface area contributed by atoms with E-state index in [2.05, 4.69) is 10.6 Å². The molecule has 0 unspecified atom stereocenters. The Morgan fingerprint density at radius 2 is 1.85 bits per heavy atom. The minimum absolute atomic E-state index is 0.00796. The number of halogens is 2. The lowest BCUT2D eigenvalue weighted by Crippen LogP contribution is -2.33. The molecule has 0 aromatic heterocycles. The Morgan fingerprint density at radius 3 is 2.50 bits per heavy atom. The number of amides is 1. The van der Waals surface area contributed by atoms with Gasteiger partial charge in [-0.25, -0.2) is 12.8 Å². The van der Waals surface area contributed by atoms with Crippen molar-refractivity contribution in [2.75, 3.05) is 24.2 Å². The zero-order valence-electron chi connectivity index (χ0n) is 13.5. The summed E-state index contributed by atoms with van der Waals surface area (Å²) in [5, 5.41) is 14.6. The number of nitriles is 1. The van der Waals surface area contributed by atoms with E-state index < -0.39 is 27.3 Å². The number of carbonyl (C=O) groups is 1. The Balaban J connectivity index is 1.85. The van der Waals surface area contributed by atoms with Gasteiger partial charge in [0.1, 0.15) is 23.2 Å². The number of hydrogen-bond donors (Lipinski definition) is 2. The maximum Gasteiger partial charge on any atom is 0.235 e. The van der Waals surface area contributed by atoms with Gasteiger partial charge in [0.05, 0.1) is 10.6 Å². The molecule has 1 amide bonds. The molecule has 0 fully saturated rings. The van der Waals surface area contributed by atoms with Crippen LogP contribution in [-0.4, -0.2) is 33.2 Å². The number of hydrogen-bond acceptors (Lipinski definition) is 5. The van der Waals surface area contributed by atoms with Crippen molar-refractivity contribution in [2.45, 2.75) is 4.90 Å². The Bertz CT molecular complexity index is 941. The molecule has 0 radical (unpaired) electrons. The first-order valence-electron chi connectivity index (χ1n) is 7.51. The predicted octanol–water partition coefficient (Wildman–Crippen LogP) is 2.35. The van der Waals surface area contributed by atoms with Crippen molar-refractivity contribution in [1.29, 1.82) is 5.26 Å². The number of sulfone groups is 1. The van der Waals surface area contributed by atoms with Gasteiger partial charge in [-0.05, 0) is 36.4 Å². The minimum atomic E-state index is -3.77. The van der Waals surface area contributed by atoms with Gasteiger partial charge in [-0.1, -0.05) is 17.7 Å². The molecule has 2 rings (SSSR count). The lowest BCUT2D eigenvalue weighted by atomic mass is 10.2. The van der Waals surface area contributed by atoms with Crippen molar-refractivity contribution in [3.8, 4) is 6.07 Å². The average Bonchev–Trinajstić information content (AvgIpc) is 2.59. The molecule has 0 heterocycles. The summed E-state index contributed by atoms with van der Waals surface area (Å²) < 4.78 is 37.7. The van der Waals surface area contributed by atoms with Gasteiger partial charge in [0.25, 0.3) is 0 Å². The quantitative estimate of drug-likeness (QED) is 0.701. The van der Waals surface area contributed by atoms with Crippen LogP contribution in [0, 0.1) is 17.1 Å². The zero-order chi connectivity index (χ0) is 19.2. The SMILES string of the molecule is N#Cc1c(F)cccc1NCCNC(=O)CS(=O)(=O)c1ccc(Cl)cc1. The maximum absolute atomic E-state index is 13.5. The summed E-state index contributed by atoms with van der Waals surface area (Å²) in [6.45, 7) is 0.307. The summed E-state index contributed by atoms with van der Waals surface area (Å²) in [6, 6.07) is 11.4. The molecule has 0 aliphatic rings. The first-order chi connectivity index (χ1) is 12.3. The highest BCUT2D eigenvalue weighted by Gasteiger charge is 2.19. The molecule has 9 heteroatoms. The molecule has 0 aliphatic carbocycles. The number of anilines is 1. The fourth-order valence-corrected chi connectivity index (χ4v) is 3.42. The molecule has 2 N–H and O–H groups in total. The summed E-state index contributed by atoms with van der Waals surface area (Å²) in [5.74, 6) is -2.00. The van der Waals surface area contributed by atoms with Crippen LogP contribution in [0.5, 0.6) is 0 Å². The Labute approximate surface area is 155 Å². The summed E-state index contributed by atoms with van der Waals surface area (Å²) >= 11 is 5.71. The molecular formula is C17H15ClFN3O3S. The molecule has 136 valence electrons. The molecule has 0 saturated carbocycles. The fraction of sp³-hybridized carbons (Fsp3) is 0.176. The molecule has 6 nitrogen and oxygen atoms in total. The van der Waals surface area contributed by atoms with Crippen LogP contribution in [0.25, 0.3) is 0 Å². The van der Waals surface area contributed by atoms with Crippen LogP contribution < -0.4 is 10.6 Å². The highest BCUT2D eigenvalue weighted by atomic mass is 35.5. The third-order valence-electron chi connectivity index (χ3n) is 3.38. The van der Waals surface area contributed by atoms with Crippen LogP contribution in [-0.2, 0) is 14.6 Å². The largest absolute Gasteiger partial charge is 0.382 e. The predicted molar refractivity (Wildman–Crippen MR) is 96.1 cm³/mol. The van der Waals surface area contributed by atoms with Gasteiger partial charge in [-0.2, -0.15) is 5.26 Å². The molecule has 0 saturated heterocycles. The first kappa shape index (κ1) is 19.7. The number of rotatable bonds is 7. The summed E-state index contributed by atoms with van der Waals surface area (Å²) in [4.78, 5) is 11.8. The van der Waals surface area contributed by atoms with E-state index >= 15 is 0 Å². The van der Waals surface area contributed by atoms with Gasteiger partial charge in [-0.15, -0.1) is 0 Å². The van der Waals surface area contributed by atoms with Crippen LogP contribution in [0.4, 0.5) is 10.1 Å². The number of benzene rings is 2. The third kappa shape index (κ3) is 5.18. The third-order valence-corrected chi connectivity index (χ3v) is 5.27. The standard InChI is InChI=1S/C17H15ClFN3O3S/c18-12-4-6-13(7-5-12)26(24,25)11-17(23)22-9-8-21-16-3-1-2-15(19)14(16)10-20/h1-7,21H,8-9,11H2,(H,22,23). The molecule has 2 aromatic carbocycles. The molecule has 0 spiro atoms. The summed E-state index contributed by atoms with van der Waals surface area (Å²) in [7, 11) is -3.77. The van der Waals surface area contributed by atoms with Crippen molar-refractivity contribution in [1.82, 2.24) is 5.32 Å². The number of carbonyl (C=O) groups excluding carboxylic acids is 1. The highest BCUT2D eigenvalue weighted by Crippen LogP contribution is 2.17. The van der Waals surface area contributed by atoms with Crippen molar-refractivity contribution in [3.05, 3.63) is 58.9 Å². The maximum atomic E-state index is 13.5. The second kappa shape index (κ2) is 8.65. The highest BCUT2D eigenvalue weighted by molar-refractivity contribution is 7.92. The Morgan fingerprint density at radius 1 is 1.15 bits per heavy atom. The van der Waals surface area contributed by atoms with Crippen LogP contribution in [0.2, 0.25) is 5.02 Å². The lowest BCUT2D eigenvalue weighted by molar-refractivity contribution is -0.118. The van der Waals surface area contributed by atoms with E-state index in [4.69, 9.17) is 16.9 Å². The molecule has 2 aromatic rings. The molecular weight excluding hydrogens is 381 g/mol. The van der Waals surface area contributed by atoms with Crippen molar-refractivity contribution >= 4 is 33.0 Å². The van der Waals surface area contributed by atoms with E-state index in [1.165, 1.54) is 42.5 Å². The smallest absolute Gasteiger partial charge is 0.235 e. The van der Waals surface area contributed by atoms with E-state index in [1.54, 1.807) is 6.07 Å². The van der Waals surface area contributed by atoms with Crippen molar-refractivity contribution in [3.63, 3.8) is 0 Å². The van der Waals surface area contributed by atoms with Crippen LogP contribution in [0.15, 0.2) is 47.4 Å². The van der Waals surface area contributed by atoms with Gasteiger partial charge in [0, 0.05) is 18.1 Å². The van der Waals surface area contributed by atoms with Gasteiger partial charge in [0.2, 0.25) is 5.91 Å². The summed E-state index contributed by atoms with van der Waals surface area (Å²) in [5.41, 5.74) is 0.180. The molecule has 0 bridgehead atoms. The topological polar surface area (TPSA) is 99.1 Å². The Kier molecular flexibility index (Phi) is 6.55. The number of nitrogens with zero attached hydrogens (tertiary/aromatic N) is 1. The second-order valence-corrected chi connectivity index (χ2v) is 7.69. The average molecular weight is 396 g/mol. The van der Waals surface area contributed by atoms with E-state index in [0.717, 1.165) is 0 Å². The number of nitrogens with one attached hydrogen (secondary N) is 2. The fourth-order valence-electron chi connectivity index (χ4n) is 2.13. The van der Waals surface area contributed by atoms with E-state index in [1.807, 2.05) is 0 Å². The molecule has 0 atom stereocenters. The minimum Gasteiger partial charge on any atom is -0.382 e. The Hall–Kier alpha value is -2.63. The van der Waals surface area contributed by atoms with Crippen molar-refractivity contribution < 1.29 is 17.6 Å². The van der Waals surface area contributed by atoms with Gasteiger partial charge in [0.15, 0.2) is 9.84 Å². The van der Waals surface area contributed by atoms with E-state index in [0.29, 0.717) is 10.7 Å². The van der Waals surface area contributed by atoms with E-state index in [-0.39, 0.29) is 23.5 Å². The zero-order valence-corrected chi connectivity index (χ0v) is 15.1. The van der Waals surface area contributed by atoms with Crippen LogP contribution >= 0.6 is 11.6 Å². The second-order valence-electron chi connectivity index (χ2n) is 5.26. The first-order valence-corrected chi connectivity index (χ1v) is 9.54. The monoisotopic (exact) mass is 395 g/mol. The van der Waals surface area contributed by atoms with E-state index in [9.17, 15) is 17.6 Å².